The Morgan fingerprint density at radius 2 is 2.32 bits per heavy atom. The maximum absolute atomic E-state index is 8.88. The molecule has 1 saturated carbocycles. The molecule has 1 atom stereocenters. The molecule has 4 nitrogen and oxygen atoms in total. The maximum Gasteiger partial charge on any atom is 0.239 e. The van der Waals surface area contributed by atoms with Gasteiger partial charge in [-0.2, -0.15) is 10.2 Å². The van der Waals surface area contributed by atoms with Gasteiger partial charge in [-0.05, 0) is 38.0 Å². The zero-order chi connectivity index (χ0) is 13.2. The Balaban J connectivity index is 1.72. The van der Waals surface area contributed by atoms with Crippen LogP contribution in [0.3, 0.4) is 0 Å². The first-order chi connectivity index (χ1) is 9.26. The van der Waals surface area contributed by atoms with Crippen LogP contribution in [-0.4, -0.2) is 10.1 Å². The lowest BCUT2D eigenvalue weighted by Crippen LogP contribution is -1.90. The maximum atomic E-state index is 8.88. The molecule has 0 unspecified atom stereocenters. The molecule has 2 aromatic rings. The number of benzene rings is 1. The quantitative estimate of drug-likeness (QED) is 0.794. The molecule has 0 bridgehead atoms. The van der Waals surface area contributed by atoms with Crippen LogP contribution in [0.25, 0.3) is 0 Å². The van der Waals surface area contributed by atoms with Crippen LogP contribution in [0.15, 0.2) is 33.7 Å². The molecular weight excluding hydrogens is 258 g/mol. The SMILES string of the molecule is C[C@H](Sc1cccc(C#N)c1)c1nc(C2CC2)no1. The molecule has 0 saturated heterocycles. The van der Waals surface area contributed by atoms with Crippen molar-refractivity contribution in [3.63, 3.8) is 0 Å². The van der Waals surface area contributed by atoms with E-state index in [9.17, 15) is 0 Å². The minimum atomic E-state index is 0.0916. The molecule has 0 amide bonds. The number of rotatable bonds is 4. The average molecular weight is 271 g/mol. The summed E-state index contributed by atoms with van der Waals surface area (Å²) in [5.41, 5.74) is 0.668. The first kappa shape index (κ1) is 12.2. The Labute approximate surface area is 115 Å². The Kier molecular flexibility index (Phi) is 3.26. The van der Waals surface area contributed by atoms with Crippen LogP contribution < -0.4 is 0 Å². The second-order valence-corrected chi connectivity index (χ2v) is 6.08. The predicted molar refractivity (Wildman–Crippen MR) is 71.7 cm³/mol. The summed E-state index contributed by atoms with van der Waals surface area (Å²) in [6.45, 7) is 2.04. The van der Waals surface area contributed by atoms with Crippen molar-refractivity contribution < 1.29 is 4.52 Å². The zero-order valence-electron chi connectivity index (χ0n) is 10.5. The molecule has 1 aliphatic rings. The topological polar surface area (TPSA) is 62.7 Å². The highest BCUT2D eigenvalue weighted by Gasteiger charge is 2.29. The van der Waals surface area contributed by atoms with E-state index in [1.165, 1.54) is 12.8 Å². The van der Waals surface area contributed by atoms with Crippen LogP contribution in [0.2, 0.25) is 0 Å². The van der Waals surface area contributed by atoms with Crippen molar-refractivity contribution in [2.75, 3.05) is 0 Å². The monoisotopic (exact) mass is 271 g/mol. The Bertz CT molecular complexity index is 628. The highest BCUT2D eigenvalue weighted by molar-refractivity contribution is 7.99. The fourth-order valence-electron chi connectivity index (χ4n) is 1.81. The second-order valence-electron chi connectivity index (χ2n) is 4.66. The lowest BCUT2D eigenvalue weighted by Gasteiger charge is -2.06. The number of hydrogen-bond acceptors (Lipinski definition) is 5. The molecule has 1 aromatic carbocycles. The number of nitriles is 1. The Morgan fingerprint density at radius 1 is 1.47 bits per heavy atom. The van der Waals surface area contributed by atoms with Crippen LogP contribution in [0.4, 0.5) is 0 Å². The molecule has 0 aliphatic heterocycles. The highest BCUT2D eigenvalue weighted by atomic mass is 32.2. The van der Waals surface area contributed by atoms with Crippen molar-refractivity contribution >= 4 is 11.8 Å². The van der Waals surface area contributed by atoms with Crippen molar-refractivity contribution in [1.82, 2.24) is 10.1 Å². The summed E-state index contributed by atoms with van der Waals surface area (Å²) in [4.78, 5) is 5.49. The molecule has 0 spiro atoms. The molecule has 1 aliphatic carbocycles. The third kappa shape index (κ3) is 2.79. The summed E-state index contributed by atoms with van der Waals surface area (Å²) in [7, 11) is 0. The van der Waals surface area contributed by atoms with Gasteiger partial charge < -0.3 is 4.52 Å². The van der Waals surface area contributed by atoms with Crippen molar-refractivity contribution in [1.29, 1.82) is 5.26 Å². The molecule has 19 heavy (non-hydrogen) atoms. The summed E-state index contributed by atoms with van der Waals surface area (Å²) in [6, 6.07) is 9.69. The van der Waals surface area contributed by atoms with E-state index in [-0.39, 0.29) is 5.25 Å². The molecule has 3 rings (SSSR count). The lowest BCUT2D eigenvalue weighted by molar-refractivity contribution is 0.375. The molecule has 0 N–H and O–H groups in total. The van der Waals surface area contributed by atoms with Crippen molar-refractivity contribution in [2.24, 2.45) is 0 Å². The van der Waals surface area contributed by atoms with E-state index in [1.54, 1.807) is 17.8 Å². The van der Waals surface area contributed by atoms with E-state index in [0.717, 1.165) is 10.7 Å². The van der Waals surface area contributed by atoms with E-state index in [1.807, 2.05) is 25.1 Å². The van der Waals surface area contributed by atoms with E-state index in [4.69, 9.17) is 9.78 Å². The van der Waals surface area contributed by atoms with Crippen LogP contribution in [0.1, 0.15) is 48.2 Å². The van der Waals surface area contributed by atoms with Crippen molar-refractivity contribution in [3.8, 4) is 6.07 Å². The van der Waals surface area contributed by atoms with E-state index in [0.29, 0.717) is 17.4 Å². The van der Waals surface area contributed by atoms with Gasteiger partial charge in [0.1, 0.15) is 0 Å². The first-order valence-corrected chi connectivity index (χ1v) is 7.14. The van der Waals surface area contributed by atoms with E-state index >= 15 is 0 Å². The number of nitrogens with zero attached hydrogens (tertiary/aromatic N) is 3. The molecule has 5 heteroatoms. The highest BCUT2D eigenvalue weighted by Crippen LogP contribution is 2.40. The van der Waals surface area contributed by atoms with Gasteiger partial charge in [-0.3, -0.25) is 0 Å². The third-order valence-electron chi connectivity index (χ3n) is 3.02. The van der Waals surface area contributed by atoms with Crippen LogP contribution in [0.5, 0.6) is 0 Å². The largest absolute Gasteiger partial charge is 0.338 e. The number of aromatic nitrogens is 2. The molecule has 1 heterocycles. The van der Waals surface area contributed by atoms with Crippen LogP contribution in [0, 0.1) is 11.3 Å². The molecular formula is C14H13N3OS. The number of thioether (sulfide) groups is 1. The van der Waals surface area contributed by atoms with Gasteiger partial charge in [-0.25, -0.2) is 0 Å². The minimum absolute atomic E-state index is 0.0916. The molecule has 1 fully saturated rings. The van der Waals surface area contributed by atoms with Gasteiger partial charge in [0.15, 0.2) is 5.82 Å². The van der Waals surface area contributed by atoms with E-state index < -0.39 is 0 Å². The summed E-state index contributed by atoms with van der Waals surface area (Å²) in [5, 5.41) is 13.0. The average Bonchev–Trinajstić information content (AvgIpc) is 3.16. The van der Waals surface area contributed by atoms with Gasteiger partial charge in [0.2, 0.25) is 5.89 Å². The summed E-state index contributed by atoms with van der Waals surface area (Å²) >= 11 is 1.62. The smallest absolute Gasteiger partial charge is 0.239 e. The van der Waals surface area contributed by atoms with Gasteiger partial charge in [-0.1, -0.05) is 11.2 Å². The molecule has 1 aromatic heterocycles. The fraction of sp³-hybridized carbons (Fsp3) is 0.357. The normalized spacial score (nSPS) is 16.0. The fourth-order valence-corrected chi connectivity index (χ4v) is 2.77. The molecule has 96 valence electrons. The zero-order valence-corrected chi connectivity index (χ0v) is 11.4. The summed E-state index contributed by atoms with van der Waals surface area (Å²) in [6.07, 6.45) is 2.34. The van der Waals surface area contributed by atoms with Crippen molar-refractivity contribution in [2.45, 2.75) is 35.8 Å². The van der Waals surface area contributed by atoms with E-state index in [2.05, 4.69) is 16.2 Å². The van der Waals surface area contributed by atoms with Gasteiger partial charge >= 0.3 is 0 Å². The van der Waals surface area contributed by atoms with Gasteiger partial charge in [-0.15, -0.1) is 11.8 Å². The van der Waals surface area contributed by atoms with Crippen LogP contribution >= 0.6 is 11.8 Å². The minimum Gasteiger partial charge on any atom is -0.338 e. The lowest BCUT2D eigenvalue weighted by atomic mass is 10.2. The summed E-state index contributed by atoms with van der Waals surface area (Å²) < 4.78 is 5.31. The molecule has 0 radical (unpaired) electrons. The summed E-state index contributed by atoms with van der Waals surface area (Å²) in [5.74, 6) is 2.01. The number of hydrogen-bond donors (Lipinski definition) is 0. The van der Waals surface area contributed by atoms with Gasteiger partial charge in [0.05, 0.1) is 16.9 Å². The Morgan fingerprint density at radius 3 is 3.05 bits per heavy atom. The predicted octanol–water partition coefficient (Wildman–Crippen LogP) is 3.67. The Hall–Kier alpha value is -1.80. The third-order valence-corrected chi connectivity index (χ3v) is 4.10. The van der Waals surface area contributed by atoms with Crippen molar-refractivity contribution in [3.05, 3.63) is 41.5 Å². The first-order valence-electron chi connectivity index (χ1n) is 6.26. The van der Waals surface area contributed by atoms with Crippen LogP contribution in [-0.2, 0) is 0 Å². The van der Waals surface area contributed by atoms with Gasteiger partial charge in [0, 0.05) is 10.8 Å². The van der Waals surface area contributed by atoms with Gasteiger partial charge in [0.25, 0.3) is 0 Å². The standard InChI is InChI=1S/C14H13N3OS/c1-9(14-16-13(17-18-14)11-5-6-11)19-12-4-2-3-10(7-12)8-15/h2-4,7,9,11H,5-6H2,1H3/t9-/m0/s1. The second kappa shape index (κ2) is 5.06.